The van der Waals surface area contributed by atoms with Crippen LogP contribution in [0.5, 0.6) is 5.75 Å². The van der Waals surface area contributed by atoms with Crippen molar-refractivity contribution < 1.29 is 38.7 Å². The van der Waals surface area contributed by atoms with Crippen molar-refractivity contribution in [1.29, 1.82) is 5.26 Å². The van der Waals surface area contributed by atoms with Crippen molar-refractivity contribution in [2.45, 2.75) is 0 Å². The second-order valence-corrected chi connectivity index (χ2v) is 3.79. The van der Waals surface area contributed by atoms with Gasteiger partial charge in [-0.3, -0.25) is 4.99 Å². The van der Waals surface area contributed by atoms with E-state index in [2.05, 4.69) is 15.3 Å². The molecule has 0 fully saturated rings. The van der Waals surface area contributed by atoms with Gasteiger partial charge in [-0.1, -0.05) is 0 Å². The summed E-state index contributed by atoms with van der Waals surface area (Å²) in [5.41, 5.74) is 1.34. The standard InChI is InChI=1S/C12H10N4O2S.Na/c1-17-10-4-8(16-12(19)15-6-13)2-3-9(10)11-5-14-7-18-11;/h2-5,7H,1H3,(H2,15,16,19);/q;+1/p-1. The summed E-state index contributed by atoms with van der Waals surface area (Å²) in [5.74, 6) is 1.18. The van der Waals surface area contributed by atoms with Gasteiger partial charge in [-0.2, -0.15) is 5.26 Å². The molecule has 0 aliphatic heterocycles. The van der Waals surface area contributed by atoms with Crippen molar-refractivity contribution in [1.82, 2.24) is 10.3 Å². The Morgan fingerprint density at radius 3 is 2.95 bits per heavy atom. The molecular weight excluding hydrogens is 287 g/mol. The number of hydrogen-bond acceptors (Lipinski definition) is 6. The van der Waals surface area contributed by atoms with E-state index in [4.69, 9.17) is 27.0 Å². The molecule has 96 valence electrons. The third-order valence-electron chi connectivity index (χ3n) is 2.28. The quantitative estimate of drug-likeness (QED) is 0.194. The van der Waals surface area contributed by atoms with Crippen LogP contribution in [-0.2, 0) is 12.6 Å². The summed E-state index contributed by atoms with van der Waals surface area (Å²) in [6.07, 6.45) is 4.65. The van der Waals surface area contributed by atoms with Gasteiger partial charge in [0.25, 0.3) is 0 Å². The van der Waals surface area contributed by atoms with Crippen molar-refractivity contribution >= 4 is 23.5 Å². The van der Waals surface area contributed by atoms with Crippen LogP contribution in [0.2, 0.25) is 0 Å². The molecule has 2 aromatic rings. The van der Waals surface area contributed by atoms with Crippen LogP contribution in [0.4, 0.5) is 5.69 Å². The van der Waals surface area contributed by atoms with Gasteiger partial charge in [-0.25, -0.2) is 4.98 Å². The molecule has 1 N–H and O–H groups in total. The summed E-state index contributed by atoms with van der Waals surface area (Å²) in [6, 6.07) is 5.22. The summed E-state index contributed by atoms with van der Waals surface area (Å²) in [6.45, 7) is 0. The Balaban J connectivity index is 0.00000200. The maximum Gasteiger partial charge on any atom is 1.00 e. The van der Waals surface area contributed by atoms with Crippen LogP contribution in [0.25, 0.3) is 11.3 Å². The van der Waals surface area contributed by atoms with E-state index in [1.54, 1.807) is 37.7 Å². The fourth-order valence-corrected chi connectivity index (χ4v) is 1.65. The van der Waals surface area contributed by atoms with Gasteiger partial charge in [0, 0.05) is 6.07 Å². The Morgan fingerprint density at radius 1 is 1.55 bits per heavy atom. The number of nitrogens with zero attached hydrogens (tertiary/aromatic N) is 3. The molecule has 6 nitrogen and oxygen atoms in total. The van der Waals surface area contributed by atoms with Gasteiger partial charge >= 0.3 is 29.6 Å². The molecule has 0 atom stereocenters. The number of hydrogen-bond donors (Lipinski definition) is 1. The Kier molecular flexibility index (Phi) is 6.48. The smallest absolute Gasteiger partial charge is 0.742 e. The van der Waals surface area contributed by atoms with Gasteiger partial charge in [0.15, 0.2) is 18.3 Å². The molecule has 0 aliphatic rings. The Labute approximate surface area is 143 Å². The van der Waals surface area contributed by atoms with Gasteiger partial charge in [-0.05, 0) is 17.3 Å². The van der Waals surface area contributed by atoms with Crippen molar-refractivity contribution in [2.75, 3.05) is 7.11 Å². The maximum atomic E-state index is 8.43. The second-order valence-electron chi connectivity index (χ2n) is 3.40. The van der Waals surface area contributed by atoms with Crippen LogP contribution in [0.15, 0.2) is 40.2 Å². The monoisotopic (exact) mass is 296 g/mol. The summed E-state index contributed by atoms with van der Waals surface area (Å²) < 4.78 is 10.5. The Hall–Kier alpha value is -1.59. The number of nitriles is 1. The first-order chi connectivity index (χ1) is 9.24. The molecule has 2 rings (SSSR count). The summed E-state index contributed by atoms with van der Waals surface area (Å²) in [5, 5.41) is 10.8. The zero-order valence-electron chi connectivity index (χ0n) is 11.0. The molecule has 20 heavy (non-hydrogen) atoms. The van der Waals surface area contributed by atoms with Crippen LogP contribution in [0.3, 0.4) is 0 Å². The third-order valence-corrected chi connectivity index (χ3v) is 2.47. The molecule has 0 unspecified atom stereocenters. The molecule has 0 amide bonds. The van der Waals surface area contributed by atoms with Gasteiger partial charge < -0.3 is 27.1 Å². The van der Waals surface area contributed by atoms with Crippen molar-refractivity contribution in [3.05, 3.63) is 30.8 Å². The predicted octanol–water partition coefficient (Wildman–Crippen LogP) is -1.04. The van der Waals surface area contributed by atoms with E-state index in [0.29, 0.717) is 17.2 Å². The van der Waals surface area contributed by atoms with E-state index in [1.165, 1.54) is 6.39 Å². The summed E-state index contributed by atoms with van der Waals surface area (Å²) in [4.78, 5) is 7.91. The van der Waals surface area contributed by atoms with Gasteiger partial charge in [0.2, 0.25) is 0 Å². The minimum absolute atomic E-state index is 0. The molecule has 0 saturated carbocycles. The molecule has 8 heteroatoms. The molecule has 0 radical (unpaired) electrons. The Bertz CT molecular complexity index is 637. The minimum Gasteiger partial charge on any atom is -0.742 e. The average Bonchev–Trinajstić information content (AvgIpc) is 2.92. The third kappa shape index (κ3) is 3.95. The first kappa shape index (κ1) is 16.5. The summed E-state index contributed by atoms with van der Waals surface area (Å²) >= 11 is 4.86. The average molecular weight is 296 g/mol. The Morgan fingerprint density at radius 2 is 2.35 bits per heavy atom. The molecule has 0 aliphatic carbocycles. The number of nitrogens with one attached hydrogen (secondary N) is 1. The number of benzene rings is 1. The number of methoxy groups -OCH3 is 1. The van der Waals surface area contributed by atoms with E-state index in [0.717, 1.165) is 5.56 Å². The van der Waals surface area contributed by atoms with E-state index in [-0.39, 0.29) is 34.7 Å². The van der Waals surface area contributed by atoms with Gasteiger partial charge in [0.05, 0.1) is 24.6 Å². The van der Waals surface area contributed by atoms with Crippen LogP contribution in [0, 0.1) is 11.5 Å². The largest absolute Gasteiger partial charge is 1.00 e. The molecule has 1 heterocycles. The molecule has 0 bridgehead atoms. The number of ether oxygens (including phenoxy) is 1. The van der Waals surface area contributed by atoms with E-state index in [9.17, 15) is 0 Å². The van der Waals surface area contributed by atoms with Crippen molar-refractivity contribution in [3.63, 3.8) is 0 Å². The predicted molar refractivity (Wildman–Crippen MR) is 71.7 cm³/mol. The molecule has 0 spiro atoms. The summed E-state index contributed by atoms with van der Waals surface area (Å²) in [7, 11) is 1.55. The first-order valence-corrected chi connectivity index (χ1v) is 5.63. The van der Waals surface area contributed by atoms with Crippen molar-refractivity contribution in [2.24, 2.45) is 4.99 Å². The molecule has 1 aromatic carbocycles. The zero-order valence-corrected chi connectivity index (χ0v) is 13.8. The first-order valence-electron chi connectivity index (χ1n) is 5.22. The number of amidine groups is 1. The SMILES string of the molecule is COc1cc(N=C([S-])NC#N)ccc1-c1cnco1.[Na+]. The van der Waals surface area contributed by atoms with Crippen molar-refractivity contribution in [3.8, 4) is 23.3 Å². The van der Waals surface area contributed by atoms with E-state index < -0.39 is 0 Å². The molecule has 1 aromatic heterocycles. The number of aromatic nitrogens is 1. The van der Waals surface area contributed by atoms with Crippen LogP contribution >= 0.6 is 0 Å². The number of oxazole rings is 1. The van der Waals surface area contributed by atoms with E-state index >= 15 is 0 Å². The normalized spacial score (nSPS) is 10.3. The maximum absolute atomic E-state index is 8.43. The molecule has 0 saturated heterocycles. The van der Waals surface area contributed by atoms with Crippen LogP contribution < -0.4 is 39.6 Å². The topological polar surface area (TPSA) is 83.4 Å². The second kappa shape index (κ2) is 7.87. The van der Waals surface area contributed by atoms with Gasteiger partial charge in [0.1, 0.15) is 5.75 Å². The number of aliphatic imine (C=N–C) groups is 1. The fraction of sp³-hybridized carbons (Fsp3) is 0.0833. The fourth-order valence-electron chi connectivity index (χ4n) is 1.49. The zero-order chi connectivity index (χ0) is 13.7. The molecular formula is C12H9N4NaO2S. The minimum atomic E-state index is 0. The number of rotatable bonds is 3. The van der Waals surface area contributed by atoms with E-state index in [1.807, 2.05) is 0 Å². The van der Waals surface area contributed by atoms with Crippen LogP contribution in [-0.4, -0.2) is 17.3 Å². The van der Waals surface area contributed by atoms with Crippen LogP contribution in [0.1, 0.15) is 0 Å². The van der Waals surface area contributed by atoms with Gasteiger partial charge in [-0.15, -0.1) is 0 Å².